The van der Waals surface area contributed by atoms with Crippen molar-refractivity contribution in [1.29, 1.82) is 0 Å². The zero-order chi connectivity index (χ0) is 10.1. The molecule has 2 aromatic rings. The van der Waals surface area contributed by atoms with Gasteiger partial charge >= 0.3 is 0 Å². The second-order valence-electron chi connectivity index (χ2n) is 3.17. The lowest BCUT2D eigenvalue weighted by Crippen LogP contribution is -1.92. The van der Waals surface area contributed by atoms with Gasteiger partial charge in [-0.05, 0) is 19.1 Å². The van der Waals surface area contributed by atoms with Crippen molar-refractivity contribution < 1.29 is 9.21 Å². The molecule has 1 aromatic heterocycles. The van der Waals surface area contributed by atoms with E-state index in [9.17, 15) is 4.79 Å². The summed E-state index contributed by atoms with van der Waals surface area (Å²) in [5.74, 6) is 0.695. The fraction of sp³-hybridized carbons (Fsp3) is 0.273. The molecular formula is C11H11NO2. The molecule has 0 aliphatic carbocycles. The third-order valence-electron chi connectivity index (χ3n) is 2.15. The van der Waals surface area contributed by atoms with E-state index in [1.807, 2.05) is 19.1 Å². The van der Waals surface area contributed by atoms with Gasteiger partial charge in [-0.1, -0.05) is 13.0 Å². The molecule has 14 heavy (non-hydrogen) atoms. The number of oxazole rings is 1. The van der Waals surface area contributed by atoms with Gasteiger partial charge in [0, 0.05) is 12.0 Å². The van der Waals surface area contributed by atoms with Gasteiger partial charge in [0.05, 0.1) is 0 Å². The monoisotopic (exact) mass is 189 g/mol. The zero-order valence-corrected chi connectivity index (χ0v) is 8.20. The third kappa shape index (κ3) is 1.31. The van der Waals surface area contributed by atoms with Gasteiger partial charge in [0.15, 0.2) is 17.3 Å². The molecule has 0 unspecified atom stereocenters. The molecule has 0 aliphatic rings. The van der Waals surface area contributed by atoms with E-state index in [1.54, 1.807) is 6.07 Å². The van der Waals surface area contributed by atoms with Crippen LogP contribution in [0.3, 0.4) is 0 Å². The van der Waals surface area contributed by atoms with Crippen LogP contribution in [-0.2, 0) is 6.42 Å². The third-order valence-corrected chi connectivity index (χ3v) is 2.15. The van der Waals surface area contributed by atoms with Crippen molar-refractivity contribution in [3.8, 4) is 0 Å². The second kappa shape index (κ2) is 3.25. The number of aromatic nitrogens is 1. The summed E-state index contributed by atoms with van der Waals surface area (Å²) in [6.45, 7) is 3.51. The smallest absolute Gasteiger partial charge is 0.195 e. The largest absolute Gasteiger partial charge is 0.441 e. The van der Waals surface area contributed by atoms with Gasteiger partial charge in [-0.2, -0.15) is 0 Å². The highest BCUT2D eigenvalue weighted by Crippen LogP contribution is 2.20. The SMILES string of the molecule is CCc1nc2c(C(C)=O)cccc2o1. The molecule has 0 spiro atoms. The van der Waals surface area contributed by atoms with Crippen LogP contribution in [0.1, 0.15) is 30.1 Å². The lowest BCUT2D eigenvalue weighted by atomic mass is 10.1. The molecule has 0 saturated heterocycles. The van der Waals surface area contributed by atoms with Crippen LogP contribution in [0.5, 0.6) is 0 Å². The Hall–Kier alpha value is -1.64. The van der Waals surface area contributed by atoms with E-state index in [4.69, 9.17) is 4.42 Å². The van der Waals surface area contributed by atoms with Crippen LogP contribution in [0, 0.1) is 0 Å². The summed E-state index contributed by atoms with van der Waals surface area (Å²) in [4.78, 5) is 15.5. The number of hydrogen-bond acceptors (Lipinski definition) is 3. The van der Waals surface area contributed by atoms with Gasteiger partial charge in [-0.3, -0.25) is 4.79 Å². The average Bonchev–Trinajstić information content (AvgIpc) is 2.59. The highest BCUT2D eigenvalue weighted by atomic mass is 16.3. The number of benzene rings is 1. The molecule has 0 saturated carbocycles. The molecule has 0 N–H and O–H groups in total. The van der Waals surface area contributed by atoms with Crippen LogP contribution >= 0.6 is 0 Å². The van der Waals surface area contributed by atoms with E-state index >= 15 is 0 Å². The predicted octanol–water partition coefficient (Wildman–Crippen LogP) is 2.59. The van der Waals surface area contributed by atoms with Gasteiger partial charge in [0.2, 0.25) is 0 Å². The van der Waals surface area contributed by atoms with Crippen LogP contribution in [0.15, 0.2) is 22.6 Å². The van der Waals surface area contributed by atoms with Gasteiger partial charge in [0.1, 0.15) is 5.52 Å². The van der Waals surface area contributed by atoms with Crippen LogP contribution in [0.4, 0.5) is 0 Å². The minimum Gasteiger partial charge on any atom is -0.441 e. The molecule has 0 amide bonds. The summed E-state index contributed by atoms with van der Waals surface area (Å²) in [6.07, 6.45) is 0.742. The van der Waals surface area contributed by atoms with Crippen molar-refractivity contribution in [3.05, 3.63) is 29.7 Å². The number of ketones is 1. The van der Waals surface area contributed by atoms with E-state index < -0.39 is 0 Å². The first-order valence-electron chi connectivity index (χ1n) is 4.61. The number of aryl methyl sites for hydroxylation is 1. The number of Topliss-reactive ketones (excluding diaryl/α,β-unsaturated/α-hetero) is 1. The summed E-state index contributed by atoms with van der Waals surface area (Å²) in [5.41, 5.74) is 2.00. The maximum atomic E-state index is 11.3. The Kier molecular flexibility index (Phi) is 2.08. The molecule has 0 bridgehead atoms. The molecule has 1 aromatic carbocycles. The van der Waals surface area contributed by atoms with E-state index in [0.29, 0.717) is 22.6 Å². The lowest BCUT2D eigenvalue weighted by molar-refractivity contribution is 0.101. The van der Waals surface area contributed by atoms with E-state index in [-0.39, 0.29) is 5.78 Å². The van der Waals surface area contributed by atoms with Crippen LogP contribution in [0.2, 0.25) is 0 Å². The zero-order valence-electron chi connectivity index (χ0n) is 8.20. The minimum atomic E-state index is 0.0200. The summed E-state index contributed by atoms with van der Waals surface area (Å²) >= 11 is 0. The molecule has 0 atom stereocenters. The van der Waals surface area contributed by atoms with Crippen molar-refractivity contribution in [2.75, 3.05) is 0 Å². The quantitative estimate of drug-likeness (QED) is 0.682. The molecule has 0 aliphatic heterocycles. The number of para-hydroxylation sites is 1. The van der Waals surface area contributed by atoms with Crippen molar-refractivity contribution in [2.45, 2.75) is 20.3 Å². The molecule has 0 radical (unpaired) electrons. The Balaban J connectivity index is 2.73. The maximum absolute atomic E-state index is 11.3. The van der Waals surface area contributed by atoms with Crippen LogP contribution in [0.25, 0.3) is 11.1 Å². The predicted molar refractivity (Wildman–Crippen MR) is 53.4 cm³/mol. The number of rotatable bonds is 2. The highest BCUT2D eigenvalue weighted by Gasteiger charge is 2.10. The molecule has 2 rings (SSSR count). The topological polar surface area (TPSA) is 43.1 Å². The maximum Gasteiger partial charge on any atom is 0.195 e. The van der Waals surface area contributed by atoms with E-state index in [2.05, 4.69) is 4.98 Å². The lowest BCUT2D eigenvalue weighted by Gasteiger charge is -1.93. The number of nitrogens with zero attached hydrogens (tertiary/aromatic N) is 1. The second-order valence-corrected chi connectivity index (χ2v) is 3.17. The van der Waals surface area contributed by atoms with Gasteiger partial charge in [-0.25, -0.2) is 4.98 Å². The van der Waals surface area contributed by atoms with E-state index in [0.717, 1.165) is 6.42 Å². The molecular weight excluding hydrogens is 178 g/mol. The highest BCUT2D eigenvalue weighted by molar-refractivity contribution is 6.04. The Morgan fingerprint density at radius 2 is 2.29 bits per heavy atom. The van der Waals surface area contributed by atoms with Crippen molar-refractivity contribution >= 4 is 16.9 Å². The summed E-state index contributed by atoms with van der Waals surface area (Å²) in [5, 5.41) is 0. The van der Waals surface area contributed by atoms with E-state index in [1.165, 1.54) is 6.92 Å². The fourth-order valence-corrected chi connectivity index (χ4v) is 1.43. The first-order chi connectivity index (χ1) is 6.72. The van der Waals surface area contributed by atoms with Crippen molar-refractivity contribution in [2.24, 2.45) is 0 Å². The first kappa shape index (κ1) is 8.94. The normalized spacial score (nSPS) is 10.7. The van der Waals surface area contributed by atoms with Crippen molar-refractivity contribution in [3.63, 3.8) is 0 Å². The fourth-order valence-electron chi connectivity index (χ4n) is 1.43. The Labute approximate surface area is 81.7 Å². The Morgan fingerprint density at radius 1 is 1.50 bits per heavy atom. The number of carbonyl (C=O) groups is 1. The van der Waals surface area contributed by atoms with Gasteiger partial charge in [0.25, 0.3) is 0 Å². The number of carbonyl (C=O) groups excluding carboxylic acids is 1. The summed E-state index contributed by atoms with van der Waals surface area (Å²) in [6, 6.07) is 5.41. The standard InChI is InChI=1S/C11H11NO2/c1-3-10-12-11-8(7(2)13)5-4-6-9(11)14-10/h4-6H,3H2,1-2H3. The van der Waals surface area contributed by atoms with Crippen molar-refractivity contribution in [1.82, 2.24) is 4.98 Å². The summed E-state index contributed by atoms with van der Waals surface area (Å²) < 4.78 is 5.44. The Morgan fingerprint density at radius 3 is 2.93 bits per heavy atom. The molecule has 0 fully saturated rings. The van der Waals surface area contributed by atoms with Crippen LogP contribution in [-0.4, -0.2) is 10.8 Å². The van der Waals surface area contributed by atoms with Crippen LogP contribution < -0.4 is 0 Å². The molecule has 3 heteroatoms. The Bertz CT molecular complexity index is 485. The molecule has 3 nitrogen and oxygen atoms in total. The molecule has 1 heterocycles. The number of fused-ring (bicyclic) bond motifs is 1. The average molecular weight is 189 g/mol. The summed E-state index contributed by atoms with van der Waals surface area (Å²) in [7, 11) is 0. The van der Waals surface area contributed by atoms with Gasteiger partial charge < -0.3 is 4.42 Å². The van der Waals surface area contributed by atoms with Gasteiger partial charge in [-0.15, -0.1) is 0 Å². The minimum absolute atomic E-state index is 0.0200. The molecule has 72 valence electrons. The first-order valence-corrected chi connectivity index (χ1v) is 4.61. The number of hydrogen-bond donors (Lipinski definition) is 0.